The molecule has 138 valence electrons. The maximum atomic E-state index is 13.9. The van der Waals surface area contributed by atoms with Crippen molar-refractivity contribution in [1.29, 1.82) is 0 Å². The van der Waals surface area contributed by atoms with E-state index in [4.69, 9.17) is 0 Å². The van der Waals surface area contributed by atoms with Gasteiger partial charge in [0.15, 0.2) is 5.69 Å². The average Bonchev–Trinajstić information content (AvgIpc) is 3.17. The zero-order valence-corrected chi connectivity index (χ0v) is 14.8. The van der Waals surface area contributed by atoms with Gasteiger partial charge in [0.05, 0.1) is 18.4 Å². The fourth-order valence-corrected chi connectivity index (χ4v) is 3.26. The van der Waals surface area contributed by atoms with E-state index in [-0.39, 0.29) is 11.7 Å². The Bertz CT molecular complexity index is 919. The highest BCUT2D eigenvalue weighted by Gasteiger charge is 2.25. The van der Waals surface area contributed by atoms with Crippen LogP contribution in [0, 0.1) is 5.82 Å². The molecule has 1 aromatic heterocycles. The monoisotopic (exact) mass is 365 g/mol. The molecule has 7 heteroatoms. The van der Waals surface area contributed by atoms with Crippen molar-refractivity contribution in [1.82, 2.24) is 19.9 Å². The van der Waals surface area contributed by atoms with E-state index in [0.717, 1.165) is 5.56 Å². The lowest BCUT2D eigenvalue weighted by molar-refractivity contribution is 0.0740. The molecule has 0 N–H and O–H groups in total. The molecule has 27 heavy (non-hydrogen) atoms. The molecule has 6 nitrogen and oxygen atoms in total. The third-order valence-corrected chi connectivity index (χ3v) is 4.71. The van der Waals surface area contributed by atoms with Gasteiger partial charge in [-0.05, 0) is 17.7 Å². The molecule has 0 aliphatic carbocycles. The Labute approximate surface area is 156 Å². The van der Waals surface area contributed by atoms with Gasteiger partial charge in [0.1, 0.15) is 5.82 Å². The van der Waals surface area contributed by atoms with Gasteiger partial charge < -0.3 is 9.80 Å². The molecule has 0 atom stereocenters. The highest BCUT2D eigenvalue weighted by molar-refractivity contribution is 5.92. The quantitative estimate of drug-likeness (QED) is 0.713. The molecule has 1 amide bonds. The average molecular weight is 365 g/mol. The van der Waals surface area contributed by atoms with Gasteiger partial charge in [-0.2, -0.15) is 0 Å². The van der Waals surface area contributed by atoms with Gasteiger partial charge in [0.25, 0.3) is 5.91 Å². The summed E-state index contributed by atoms with van der Waals surface area (Å²) in [4.78, 5) is 16.4. The van der Waals surface area contributed by atoms with Crippen LogP contribution in [0.4, 0.5) is 10.1 Å². The summed E-state index contributed by atoms with van der Waals surface area (Å²) in [7, 11) is 0. The number of hydrogen-bond acceptors (Lipinski definition) is 4. The highest BCUT2D eigenvalue weighted by Crippen LogP contribution is 2.20. The summed E-state index contributed by atoms with van der Waals surface area (Å²) in [5, 5.41) is 8.09. The first-order valence-electron chi connectivity index (χ1n) is 8.93. The maximum Gasteiger partial charge on any atom is 0.276 e. The second-order valence-electron chi connectivity index (χ2n) is 6.52. The molecule has 1 fully saturated rings. The number of para-hydroxylation sites is 1. The van der Waals surface area contributed by atoms with E-state index in [1.54, 1.807) is 27.9 Å². The fraction of sp³-hybridized carbons (Fsp3) is 0.250. The summed E-state index contributed by atoms with van der Waals surface area (Å²) >= 11 is 0. The lowest BCUT2D eigenvalue weighted by Crippen LogP contribution is -2.49. The molecule has 0 radical (unpaired) electrons. The van der Waals surface area contributed by atoms with Crippen molar-refractivity contribution >= 4 is 11.6 Å². The van der Waals surface area contributed by atoms with E-state index in [9.17, 15) is 9.18 Å². The van der Waals surface area contributed by atoms with Gasteiger partial charge in [-0.25, -0.2) is 9.07 Å². The summed E-state index contributed by atoms with van der Waals surface area (Å²) in [6.07, 6.45) is 1.68. The maximum absolute atomic E-state index is 13.9. The van der Waals surface area contributed by atoms with Crippen molar-refractivity contribution < 1.29 is 9.18 Å². The lowest BCUT2D eigenvalue weighted by Gasteiger charge is -2.35. The Morgan fingerprint density at radius 2 is 1.67 bits per heavy atom. The molecule has 0 bridgehead atoms. The summed E-state index contributed by atoms with van der Waals surface area (Å²) in [6.45, 7) is 2.80. The predicted molar refractivity (Wildman–Crippen MR) is 100 cm³/mol. The molecular formula is C20H20FN5O. The number of rotatable bonds is 4. The number of hydrogen-bond donors (Lipinski definition) is 0. The summed E-state index contributed by atoms with van der Waals surface area (Å²) in [5.41, 5.74) is 2.02. The van der Waals surface area contributed by atoms with Crippen LogP contribution in [-0.2, 0) is 6.54 Å². The van der Waals surface area contributed by atoms with Crippen LogP contribution in [-0.4, -0.2) is 52.0 Å². The van der Waals surface area contributed by atoms with Gasteiger partial charge in [-0.1, -0.05) is 47.7 Å². The Hall–Kier alpha value is -3.22. The van der Waals surface area contributed by atoms with E-state index >= 15 is 0 Å². The standard InChI is InChI=1S/C20H20FN5O/c21-17-8-4-5-9-19(17)24-10-12-25(13-11-24)20(27)18-15-26(23-22-18)14-16-6-2-1-3-7-16/h1-9,15H,10-14H2. The number of aromatic nitrogens is 3. The van der Waals surface area contributed by atoms with Crippen LogP contribution in [0.5, 0.6) is 0 Å². The molecule has 1 aliphatic heterocycles. The van der Waals surface area contributed by atoms with Crippen LogP contribution in [0.3, 0.4) is 0 Å². The number of carbonyl (C=O) groups excluding carboxylic acids is 1. The highest BCUT2D eigenvalue weighted by atomic mass is 19.1. The zero-order chi connectivity index (χ0) is 18.6. The van der Waals surface area contributed by atoms with Crippen molar-refractivity contribution in [2.24, 2.45) is 0 Å². The third-order valence-electron chi connectivity index (χ3n) is 4.71. The summed E-state index contributed by atoms with van der Waals surface area (Å²) in [5.74, 6) is -0.372. The van der Waals surface area contributed by atoms with E-state index in [2.05, 4.69) is 10.3 Å². The Morgan fingerprint density at radius 1 is 0.963 bits per heavy atom. The van der Waals surface area contributed by atoms with E-state index < -0.39 is 0 Å². The second kappa shape index (κ2) is 7.57. The Balaban J connectivity index is 1.38. The number of nitrogens with zero attached hydrogens (tertiary/aromatic N) is 5. The van der Waals surface area contributed by atoms with E-state index in [1.807, 2.05) is 41.3 Å². The summed E-state index contributed by atoms with van der Waals surface area (Å²) < 4.78 is 15.6. The number of carbonyl (C=O) groups is 1. The number of anilines is 1. The van der Waals surface area contributed by atoms with Crippen molar-refractivity contribution in [3.05, 3.63) is 77.9 Å². The SMILES string of the molecule is O=C(c1cn(Cc2ccccc2)nn1)N1CCN(c2ccccc2F)CC1. The minimum Gasteiger partial charge on any atom is -0.366 e. The van der Waals surface area contributed by atoms with Gasteiger partial charge in [-0.15, -0.1) is 5.10 Å². The van der Waals surface area contributed by atoms with E-state index in [0.29, 0.717) is 44.1 Å². The minimum absolute atomic E-state index is 0.137. The zero-order valence-electron chi connectivity index (χ0n) is 14.8. The first kappa shape index (κ1) is 17.2. The minimum atomic E-state index is -0.235. The normalized spacial score (nSPS) is 14.4. The molecule has 0 saturated carbocycles. The molecule has 0 unspecified atom stereocenters. The number of halogens is 1. The number of piperazine rings is 1. The Morgan fingerprint density at radius 3 is 2.41 bits per heavy atom. The summed E-state index contributed by atoms with van der Waals surface area (Å²) in [6, 6.07) is 16.6. The van der Waals surface area contributed by atoms with Gasteiger partial charge >= 0.3 is 0 Å². The Kier molecular flexibility index (Phi) is 4.82. The first-order chi connectivity index (χ1) is 13.2. The van der Waals surface area contributed by atoms with Crippen LogP contribution in [0.2, 0.25) is 0 Å². The van der Waals surface area contributed by atoms with Crippen molar-refractivity contribution in [2.75, 3.05) is 31.1 Å². The molecule has 0 spiro atoms. The fourth-order valence-electron chi connectivity index (χ4n) is 3.26. The largest absolute Gasteiger partial charge is 0.366 e. The van der Waals surface area contributed by atoms with Crippen LogP contribution < -0.4 is 4.90 Å². The smallest absolute Gasteiger partial charge is 0.276 e. The van der Waals surface area contributed by atoms with Crippen molar-refractivity contribution in [3.8, 4) is 0 Å². The van der Waals surface area contributed by atoms with Crippen LogP contribution >= 0.6 is 0 Å². The van der Waals surface area contributed by atoms with Crippen molar-refractivity contribution in [3.63, 3.8) is 0 Å². The van der Waals surface area contributed by atoms with Crippen LogP contribution in [0.15, 0.2) is 60.8 Å². The molecule has 1 saturated heterocycles. The van der Waals surface area contributed by atoms with E-state index in [1.165, 1.54) is 6.07 Å². The lowest BCUT2D eigenvalue weighted by atomic mass is 10.2. The number of benzene rings is 2. The molecule has 3 aromatic rings. The van der Waals surface area contributed by atoms with Gasteiger partial charge in [0.2, 0.25) is 0 Å². The molecule has 2 heterocycles. The van der Waals surface area contributed by atoms with Gasteiger partial charge in [-0.3, -0.25) is 4.79 Å². The predicted octanol–water partition coefficient (Wildman–Crippen LogP) is 2.43. The molecular weight excluding hydrogens is 345 g/mol. The topological polar surface area (TPSA) is 54.3 Å². The van der Waals surface area contributed by atoms with Crippen LogP contribution in [0.1, 0.15) is 16.1 Å². The molecule has 2 aromatic carbocycles. The van der Waals surface area contributed by atoms with Gasteiger partial charge in [0, 0.05) is 26.2 Å². The molecule has 4 rings (SSSR count). The first-order valence-corrected chi connectivity index (χ1v) is 8.93. The van der Waals surface area contributed by atoms with Crippen molar-refractivity contribution in [2.45, 2.75) is 6.54 Å². The second-order valence-corrected chi connectivity index (χ2v) is 6.52. The number of amides is 1. The van der Waals surface area contributed by atoms with Crippen LogP contribution in [0.25, 0.3) is 0 Å². The molecule has 1 aliphatic rings. The third kappa shape index (κ3) is 3.81.